The van der Waals surface area contributed by atoms with Crippen LogP contribution in [0.3, 0.4) is 0 Å². The summed E-state index contributed by atoms with van der Waals surface area (Å²) in [5.74, 6) is -0.876. The maximum atomic E-state index is 13.0. The van der Waals surface area contributed by atoms with Crippen molar-refractivity contribution in [3.05, 3.63) is 24.3 Å². The monoisotopic (exact) mass is 688 g/mol. The van der Waals surface area contributed by atoms with Gasteiger partial charge in [-0.1, -0.05) is 155 Å². The Labute approximate surface area is 304 Å². The fraction of sp³-hybridized carbons (Fsp3) is 0.810. The molecule has 0 aliphatic carbocycles. The molecular weight excluding hydrogens is 606 g/mol. The number of amides is 2. The van der Waals surface area contributed by atoms with E-state index in [4.69, 9.17) is 11.1 Å². The van der Waals surface area contributed by atoms with Gasteiger partial charge in [0, 0.05) is 26.9 Å². The number of nitrogens with two attached hydrogens (primary N) is 1. The molecule has 0 bridgehead atoms. The molecule has 0 aromatic carbocycles. The summed E-state index contributed by atoms with van der Waals surface area (Å²) in [4.78, 5) is 32.1. The van der Waals surface area contributed by atoms with Crippen LogP contribution in [0.15, 0.2) is 29.3 Å². The van der Waals surface area contributed by atoms with Crippen LogP contribution in [0, 0.1) is 5.41 Å². The van der Waals surface area contributed by atoms with Crippen LogP contribution in [0.5, 0.6) is 0 Å². The summed E-state index contributed by atoms with van der Waals surface area (Å²) in [5, 5.41) is 8.37. The van der Waals surface area contributed by atoms with E-state index in [9.17, 15) is 9.59 Å². The van der Waals surface area contributed by atoms with E-state index in [0.29, 0.717) is 6.42 Å². The van der Waals surface area contributed by atoms with Gasteiger partial charge in [0.1, 0.15) is 0 Å². The summed E-state index contributed by atoms with van der Waals surface area (Å²) in [6.07, 6.45) is 41.0. The van der Waals surface area contributed by atoms with E-state index < -0.39 is 0 Å². The predicted molar refractivity (Wildman–Crippen MR) is 215 cm³/mol. The Morgan fingerprint density at radius 1 is 0.551 bits per heavy atom. The Morgan fingerprint density at radius 3 is 1.24 bits per heavy atom. The number of carbonyl (C=O) groups excluding carboxylic acids is 2. The van der Waals surface area contributed by atoms with E-state index in [1.54, 1.807) is 14.1 Å². The Kier molecular flexibility index (Phi) is 38.1. The maximum Gasteiger partial charge on any atom is 0.248 e. The molecule has 0 aromatic rings. The van der Waals surface area contributed by atoms with E-state index in [0.717, 1.165) is 62.7 Å². The van der Waals surface area contributed by atoms with Crippen molar-refractivity contribution in [1.29, 1.82) is 5.41 Å². The van der Waals surface area contributed by atoms with Crippen LogP contribution in [-0.4, -0.2) is 47.6 Å². The van der Waals surface area contributed by atoms with E-state index >= 15 is 0 Å². The van der Waals surface area contributed by atoms with E-state index in [1.165, 1.54) is 114 Å². The lowest BCUT2D eigenvalue weighted by atomic mass is 10.1. The molecule has 0 fully saturated rings. The predicted octanol–water partition coefficient (Wildman–Crippen LogP) is 12.3. The van der Waals surface area contributed by atoms with Crippen molar-refractivity contribution < 1.29 is 9.59 Å². The van der Waals surface area contributed by atoms with E-state index in [-0.39, 0.29) is 30.2 Å². The normalized spacial score (nSPS) is 11.6. The van der Waals surface area contributed by atoms with Crippen molar-refractivity contribution in [2.45, 2.75) is 207 Å². The molecule has 0 aromatic heterocycles. The minimum Gasteiger partial charge on any atom is -0.369 e. The molecule has 0 heterocycles. The molecule has 7 heteroatoms. The van der Waals surface area contributed by atoms with Gasteiger partial charge >= 0.3 is 0 Å². The largest absolute Gasteiger partial charge is 0.369 e. The molecule has 0 spiro atoms. The van der Waals surface area contributed by atoms with Gasteiger partial charge in [0.15, 0.2) is 0 Å². The SMILES string of the molecule is CC.CCCCCCCC/C=C/CCCCCCCC(=O)N=C(N)N(C(=N)N(C)C)C(=O)CCCCCCC/C=C/CCCCCCCC. The number of nitrogens with one attached hydrogen (secondary N) is 1. The summed E-state index contributed by atoms with van der Waals surface area (Å²) in [6.45, 7) is 8.52. The highest BCUT2D eigenvalue weighted by Gasteiger charge is 2.24. The van der Waals surface area contributed by atoms with Gasteiger partial charge < -0.3 is 10.6 Å². The van der Waals surface area contributed by atoms with Gasteiger partial charge in [-0.2, -0.15) is 4.99 Å². The van der Waals surface area contributed by atoms with E-state index in [2.05, 4.69) is 43.1 Å². The van der Waals surface area contributed by atoms with Crippen LogP contribution < -0.4 is 5.73 Å². The van der Waals surface area contributed by atoms with Gasteiger partial charge in [0.25, 0.3) is 0 Å². The van der Waals surface area contributed by atoms with Crippen molar-refractivity contribution in [2.75, 3.05) is 14.1 Å². The Hall–Kier alpha value is -2.44. The van der Waals surface area contributed by atoms with Gasteiger partial charge in [0.05, 0.1) is 0 Å². The van der Waals surface area contributed by atoms with Crippen LogP contribution in [0.25, 0.3) is 0 Å². The number of hydrogen-bond donors (Lipinski definition) is 2. The van der Waals surface area contributed by atoms with E-state index in [1.807, 2.05) is 13.8 Å². The zero-order chi connectivity index (χ0) is 36.8. The summed E-state index contributed by atoms with van der Waals surface area (Å²) in [6, 6.07) is 0. The Bertz CT molecular complexity index is 865. The zero-order valence-electron chi connectivity index (χ0n) is 33.3. The van der Waals surface area contributed by atoms with Crippen molar-refractivity contribution >= 4 is 23.7 Å². The lowest BCUT2D eigenvalue weighted by Gasteiger charge is -2.26. The molecule has 0 saturated carbocycles. The second-order valence-corrected chi connectivity index (χ2v) is 13.5. The lowest BCUT2D eigenvalue weighted by molar-refractivity contribution is -0.125. The molecule has 7 nitrogen and oxygen atoms in total. The molecule has 0 aliphatic rings. The Balaban J connectivity index is 0. The summed E-state index contributed by atoms with van der Waals surface area (Å²) in [7, 11) is 3.37. The molecule has 3 N–H and O–H groups in total. The van der Waals surface area contributed by atoms with Crippen molar-refractivity contribution in [1.82, 2.24) is 9.80 Å². The van der Waals surface area contributed by atoms with Crippen LogP contribution in [0.4, 0.5) is 0 Å². The minimum atomic E-state index is -0.328. The van der Waals surface area contributed by atoms with Crippen molar-refractivity contribution in [3.63, 3.8) is 0 Å². The Morgan fingerprint density at radius 2 is 0.878 bits per heavy atom. The molecular formula is C42H81N5O2. The molecule has 49 heavy (non-hydrogen) atoms. The fourth-order valence-corrected chi connectivity index (χ4v) is 5.59. The number of rotatable bonds is 30. The van der Waals surface area contributed by atoms with Crippen LogP contribution in [-0.2, 0) is 9.59 Å². The second kappa shape index (κ2) is 38.4. The third-order valence-corrected chi connectivity index (χ3v) is 8.66. The van der Waals surface area contributed by atoms with Crippen LogP contribution in [0.1, 0.15) is 207 Å². The molecule has 2 amide bonds. The van der Waals surface area contributed by atoms with Gasteiger partial charge in [-0.3, -0.25) is 15.0 Å². The molecule has 0 radical (unpaired) electrons. The van der Waals surface area contributed by atoms with Gasteiger partial charge in [-0.25, -0.2) is 4.90 Å². The number of unbranched alkanes of at least 4 members (excludes halogenated alkanes) is 22. The standard InChI is InChI=1S/C40H75N5O2.C2H6/c1-5-7-9-11-13-15-17-19-21-23-25-27-29-31-33-35-37(46)43-39(41)45(40(42)44(3)4)38(47)36-34-32-30-28-26-24-22-20-18-16-14-12-10-8-6-2;1-2/h19-22,42H,5-18,23-36H2,1-4H3,(H2,41,43,46);1-2H3/b21-19+,22-20+,42-40?;. The molecule has 0 atom stereocenters. The van der Waals surface area contributed by atoms with Crippen LogP contribution >= 0.6 is 0 Å². The van der Waals surface area contributed by atoms with Crippen molar-refractivity contribution in [3.8, 4) is 0 Å². The quantitative estimate of drug-likeness (QED) is 0.0339. The maximum absolute atomic E-state index is 13.0. The number of guanidine groups is 2. The topological polar surface area (TPSA) is 103 Å². The summed E-state index contributed by atoms with van der Waals surface area (Å²) < 4.78 is 0. The summed E-state index contributed by atoms with van der Waals surface area (Å²) in [5.41, 5.74) is 6.12. The summed E-state index contributed by atoms with van der Waals surface area (Å²) >= 11 is 0. The van der Waals surface area contributed by atoms with Crippen LogP contribution in [0.2, 0.25) is 0 Å². The third kappa shape index (κ3) is 32.5. The minimum absolute atomic E-state index is 0.0715. The zero-order valence-corrected chi connectivity index (χ0v) is 33.3. The van der Waals surface area contributed by atoms with Gasteiger partial charge in [-0.15, -0.1) is 0 Å². The second-order valence-electron chi connectivity index (χ2n) is 13.5. The first-order valence-corrected chi connectivity index (χ1v) is 20.6. The smallest absolute Gasteiger partial charge is 0.248 e. The number of allylic oxidation sites excluding steroid dienone is 4. The highest BCUT2D eigenvalue weighted by atomic mass is 16.2. The average Bonchev–Trinajstić information content (AvgIpc) is 3.09. The number of nitrogens with zero attached hydrogens (tertiary/aromatic N) is 3. The van der Waals surface area contributed by atoms with Crippen molar-refractivity contribution in [2.24, 2.45) is 10.7 Å². The molecule has 286 valence electrons. The average molecular weight is 688 g/mol. The number of aliphatic imine (C=N–C) groups is 1. The van der Waals surface area contributed by atoms with Gasteiger partial charge in [0.2, 0.25) is 23.7 Å². The molecule has 0 rings (SSSR count). The fourth-order valence-electron chi connectivity index (χ4n) is 5.59. The first-order chi connectivity index (χ1) is 23.8. The molecule has 0 aliphatic heterocycles. The first kappa shape index (κ1) is 48.7. The molecule has 0 unspecified atom stereocenters. The van der Waals surface area contributed by atoms with Gasteiger partial charge in [-0.05, 0) is 64.2 Å². The number of hydrogen-bond acceptors (Lipinski definition) is 3. The lowest BCUT2D eigenvalue weighted by Crippen LogP contribution is -2.50. The number of carbonyl (C=O) groups is 2. The first-order valence-electron chi connectivity index (χ1n) is 20.6. The third-order valence-electron chi connectivity index (χ3n) is 8.66. The highest BCUT2D eigenvalue weighted by molar-refractivity contribution is 6.13. The highest BCUT2D eigenvalue weighted by Crippen LogP contribution is 2.13. The molecule has 0 saturated heterocycles.